The summed E-state index contributed by atoms with van der Waals surface area (Å²) in [7, 11) is 1.66. The molecule has 1 heterocycles. The van der Waals surface area contributed by atoms with Crippen molar-refractivity contribution >= 4 is 31.1 Å². The van der Waals surface area contributed by atoms with Gasteiger partial charge in [0.25, 0.3) is 9.05 Å². The zero-order chi connectivity index (χ0) is 13.9. The van der Waals surface area contributed by atoms with Gasteiger partial charge in [-0.05, 0) is 48.4 Å². The van der Waals surface area contributed by atoms with Crippen LogP contribution in [0.1, 0.15) is 13.3 Å². The van der Waals surface area contributed by atoms with E-state index in [1.807, 2.05) is 31.2 Å². The molecule has 6 heteroatoms. The van der Waals surface area contributed by atoms with Gasteiger partial charge in [0.2, 0.25) is 0 Å². The van der Waals surface area contributed by atoms with E-state index in [0.717, 1.165) is 33.9 Å². The highest BCUT2D eigenvalue weighted by Gasteiger charge is 2.13. The van der Waals surface area contributed by atoms with Crippen molar-refractivity contribution < 1.29 is 13.2 Å². The molecule has 19 heavy (non-hydrogen) atoms. The number of benzene rings is 1. The Balaban J connectivity index is 2.20. The van der Waals surface area contributed by atoms with E-state index < -0.39 is 9.05 Å². The Morgan fingerprint density at radius 3 is 2.37 bits per heavy atom. The lowest BCUT2D eigenvalue weighted by Gasteiger charge is -2.04. The smallest absolute Gasteiger partial charge is 0.270 e. The molecule has 0 aliphatic heterocycles. The highest BCUT2D eigenvalue weighted by molar-refractivity contribution is 8.15. The van der Waals surface area contributed by atoms with Crippen molar-refractivity contribution in [1.82, 2.24) is 0 Å². The van der Waals surface area contributed by atoms with E-state index in [9.17, 15) is 8.42 Å². The summed E-state index contributed by atoms with van der Waals surface area (Å²) in [6.45, 7) is 2.74. The lowest BCUT2D eigenvalue weighted by atomic mass is 10.2. The molecule has 0 saturated carbocycles. The van der Waals surface area contributed by atoms with Gasteiger partial charge in [-0.2, -0.15) is 0 Å². The summed E-state index contributed by atoms with van der Waals surface area (Å²) in [6.07, 6.45) is 0.962. The molecule has 0 bridgehead atoms. The third kappa shape index (κ3) is 3.72. The van der Waals surface area contributed by atoms with Crippen LogP contribution in [0.4, 0.5) is 0 Å². The van der Waals surface area contributed by atoms with Crippen molar-refractivity contribution in [2.75, 3.05) is 6.61 Å². The molecule has 0 unspecified atom stereocenters. The van der Waals surface area contributed by atoms with Gasteiger partial charge in [-0.15, -0.1) is 11.3 Å². The van der Waals surface area contributed by atoms with Gasteiger partial charge in [-0.3, -0.25) is 0 Å². The number of rotatable bonds is 5. The maximum absolute atomic E-state index is 11.2. The Morgan fingerprint density at radius 2 is 1.84 bits per heavy atom. The summed E-state index contributed by atoms with van der Waals surface area (Å²) in [4.78, 5) is 0.862. The molecule has 0 aliphatic rings. The molecule has 0 N–H and O–H groups in total. The number of hydrogen-bond acceptors (Lipinski definition) is 4. The number of thiophene rings is 1. The second kappa shape index (κ2) is 5.94. The van der Waals surface area contributed by atoms with Gasteiger partial charge in [-0.1, -0.05) is 6.92 Å². The summed E-state index contributed by atoms with van der Waals surface area (Å²) in [6, 6.07) is 10.8. The summed E-state index contributed by atoms with van der Waals surface area (Å²) in [5.41, 5.74) is 0.945. The van der Waals surface area contributed by atoms with Crippen LogP contribution >= 0.6 is 22.0 Å². The molecule has 0 atom stereocenters. The van der Waals surface area contributed by atoms with Crippen LogP contribution in [-0.4, -0.2) is 15.0 Å². The Bertz CT molecular complexity index is 645. The topological polar surface area (TPSA) is 43.4 Å². The monoisotopic (exact) mass is 316 g/mol. The van der Waals surface area contributed by atoms with Crippen LogP contribution in [0.3, 0.4) is 0 Å². The minimum absolute atomic E-state index is 0.162. The molecule has 2 rings (SSSR count). The third-order valence-electron chi connectivity index (χ3n) is 2.43. The zero-order valence-electron chi connectivity index (χ0n) is 10.3. The van der Waals surface area contributed by atoms with Gasteiger partial charge in [0.15, 0.2) is 0 Å². The first-order chi connectivity index (χ1) is 9.00. The van der Waals surface area contributed by atoms with E-state index in [1.165, 1.54) is 6.07 Å². The summed E-state index contributed by atoms with van der Waals surface area (Å²) in [5.74, 6) is 0.812. The maximum atomic E-state index is 11.2. The van der Waals surface area contributed by atoms with Gasteiger partial charge < -0.3 is 4.74 Å². The minimum Gasteiger partial charge on any atom is -0.494 e. The van der Waals surface area contributed by atoms with Crippen LogP contribution in [0.2, 0.25) is 0 Å². The predicted octanol–water partition coefficient (Wildman–Crippen LogP) is 4.13. The van der Waals surface area contributed by atoms with Crippen molar-refractivity contribution in [3.05, 3.63) is 36.4 Å². The van der Waals surface area contributed by atoms with Gasteiger partial charge in [0, 0.05) is 15.6 Å². The average molecular weight is 317 g/mol. The van der Waals surface area contributed by atoms with Crippen molar-refractivity contribution in [3.8, 4) is 16.2 Å². The molecule has 0 amide bonds. The Kier molecular flexibility index (Phi) is 4.50. The van der Waals surface area contributed by atoms with Crippen LogP contribution in [-0.2, 0) is 9.05 Å². The van der Waals surface area contributed by atoms with Crippen molar-refractivity contribution in [2.45, 2.75) is 17.6 Å². The fraction of sp³-hybridized carbons (Fsp3) is 0.231. The molecule has 0 aliphatic carbocycles. The van der Waals surface area contributed by atoms with E-state index in [0.29, 0.717) is 6.61 Å². The average Bonchev–Trinajstić information content (AvgIpc) is 2.86. The first kappa shape index (κ1) is 14.4. The highest BCUT2D eigenvalue weighted by Crippen LogP contribution is 2.33. The van der Waals surface area contributed by atoms with Crippen molar-refractivity contribution in [3.63, 3.8) is 0 Å². The molecule has 2 aromatic rings. The minimum atomic E-state index is -3.64. The first-order valence-electron chi connectivity index (χ1n) is 5.78. The van der Waals surface area contributed by atoms with Gasteiger partial charge in [-0.25, -0.2) is 8.42 Å². The predicted molar refractivity (Wildman–Crippen MR) is 78.6 cm³/mol. The van der Waals surface area contributed by atoms with E-state index in [1.54, 1.807) is 6.07 Å². The normalized spacial score (nSPS) is 11.5. The molecule has 1 aromatic carbocycles. The van der Waals surface area contributed by atoms with Gasteiger partial charge in [0.1, 0.15) is 9.96 Å². The third-order valence-corrected chi connectivity index (χ3v) is 5.66. The SMILES string of the molecule is CCCOc1ccc(-c2ccc(S(=O)(=O)Cl)s2)cc1. The highest BCUT2D eigenvalue weighted by atomic mass is 35.7. The lowest BCUT2D eigenvalue weighted by molar-refractivity contribution is 0.317. The summed E-state index contributed by atoms with van der Waals surface area (Å²) < 4.78 is 28.1. The van der Waals surface area contributed by atoms with Crippen molar-refractivity contribution in [1.29, 1.82) is 0 Å². The lowest BCUT2D eigenvalue weighted by Crippen LogP contribution is -1.94. The Morgan fingerprint density at radius 1 is 1.16 bits per heavy atom. The first-order valence-corrected chi connectivity index (χ1v) is 8.91. The van der Waals surface area contributed by atoms with Crippen LogP contribution in [0.15, 0.2) is 40.6 Å². The molecule has 3 nitrogen and oxygen atoms in total. The molecule has 1 aromatic heterocycles. The fourth-order valence-corrected chi connectivity index (χ4v) is 3.62. The van der Waals surface area contributed by atoms with Crippen LogP contribution in [0.5, 0.6) is 5.75 Å². The molecular formula is C13H13ClO3S2. The van der Waals surface area contributed by atoms with Gasteiger partial charge >= 0.3 is 0 Å². The zero-order valence-corrected chi connectivity index (χ0v) is 12.7. The summed E-state index contributed by atoms with van der Waals surface area (Å²) >= 11 is 1.16. The second-order valence-corrected chi connectivity index (χ2v) is 7.81. The number of halogens is 1. The van der Waals surface area contributed by atoms with E-state index in [-0.39, 0.29) is 4.21 Å². The second-order valence-electron chi connectivity index (χ2n) is 3.93. The van der Waals surface area contributed by atoms with Gasteiger partial charge in [0.05, 0.1) is 6.61 Å². The van der Waals surface area contributed by atoms with Crippen molar-refractivity contribution in [2.24, 2.45) is 0 Å². The van der Waals surface area contributed by atoms with E-state index in [2.05, 4.69) is 0 Å². The van der Waals surface area contributed by atoms with Crippen LogP contribution < -0.4 is 4.74 Å². The molecular weight excluding hydrogens is 304 g/mol. The molecule has 0 radical (unpaired) electrons. The fourth-order valence-electron chi connectivity index (χ4n) is 1.54. The number of ether oxygens (including phenoxy) is 1. The number of hydrogen-bond donors (Lipinski definition) is 0. The Hall–Kier alpha value is -1.04. The van der Waals surface area contributed by atoms with E-state index in [4.69, 9.17) is 15.4 Å². The Labute approximate surface area is 121 Å². The summed E-state index contributed by atoms with van der Waals surface area (Å²) in [5, 5.41) is 0. The quantitative estimate of drug-likeness (QED) is 0.779. The van der Waals surface area contributed by atoms with Crippen LogP contribution in [0, 0.1) is 0 Å². The van der Waals surface area contributed by atoms with E-state index >= 15 is 0 Å². The maximum Gasteiger partial charge on any atom is 0.270 e. The molecule has 102 valence electrons. The van der Waals surface area contributed by atoms with Crippen LogP contribution in [0.25, 0.3) is 10.4 Å². The molecule has 0 saturated heterocycles. The largest absolute Gasteiger partial charge is 0.494 e. The molecule has 0 spiro atoms. The molecule has 0 fully saturated rings. The standard InChI is InChI=1S/C13H13ClO3S2/c1-2-9-17-11-5-3-10(4-6-11)12-7-8-13(18-12)19(14,15)16/h3-8H,2,9H2,1H3.